The van der Waals surface area contributed by atoms with Crippen LogP contribution in [0.2, 0.25) is 5.02 Å². The normalized spacial score (nSPS) is 11.1. The standard InChI is InChI=1S/C12H8BrClN2O4S/c13-7-4-8(6-15-5-7)21(19,20)16-10-3-1-2-9(14)11(10)12(17)18/h1-6,16H,(H,17,18). The van der Waals surface area contributed by atoms with E-state index < -0.39 is 16.0 Å². The lowest BCUT2D eigenvalue weighted by Crippen LogP contribution is -2.16. The lowest BCUT2D eigenvalue weighted by molar-refractivity contribution is 0.0698. The molecule has 2 aromatic rings. The van der Waals surface area contributed by atoms with Crippen molar-refractivity contribution in [2.24, 2.45) is 0 Å². The molecule has 0 unspecified atom stereocenters. The zero-order chi connectivity index (χ0) is 15.6. The van der Waals surface area contributed by atoms with Gasteiger partial charge in [-0.3, -0.25) is 9.71 Å². The number of nitrogens with one attached hydrogen (secondary N) is 1. The van der Waals surface area contributed by atoms with E-state index >= 15 is 0 Å². The van der Waals surface area contributed by atoms with Gasteiger partial charge in [0.05, 0.1) is 10.7 Å². The maximum absolute atomic E-state index is 12.2. The third kappa shape index (κ3) is 3.52. The van der Waals surface area contributed by atoms with Gasteiger partial charge in [-0.2, -0.15) is 0 Å². The Morgan fingerprint density at radius 2 is 2.05 bits per heavy atom. The molecule has 0 saturated carbocycles. The topological polar surface area (TPSA) is 96.4 Å². The van der Waals surface area contributed by atoms with Crippen LogP contribution in [0, 0.1) is 0 Å². The van der Waals surface area contributed by atoms with Crippen LogP contribution in [0.25, 0.3) is 0 Å². The predicted molar refractivity (Wildman–Crippen MR) is 81.2 cm³/mol. The molecule has 2 N–H and O–H groups in total. The molecule has 0 aliphatic rings. The molecule has 2 rings (SSSR count). The van der Waals surface area contributed by atoms with Gasteiger partial charge in [0.1, 0.15) is 10.5 Å². The SMILES string of the molecule is O=C(O)c1c(Cl)cccc1NS(=O)(=O)c1cncc(Br)c1. The van der Waals surface area contributed by atoms with Crippen molar-refractivity contribution in [3.63, 3.8) is 0 Å². The molecule has 1 aromatic heterocycles. The van der Waals surface area contributed by atoms with E-state index in [1.807, 2.05) is 0 Å². The average Bonchev–Trinajstić information content (AvgIpc) is 2.37. The third-order valence-corrected chi connectivity index (χ3v) is 4.54. The summed E-state index contributed by atoms with van der Waals surface area (Å²) >= 11 is 8.91. The maximum atomic E-state index is 12.2. The number of hydrogen-bond acceptors (Lipinski definition) is 4. The summed E-state index contributed by atoms with van der Waals surface area (Å²) in [5, 5.41) is 9.06. The lowest BCUT2D eigenvalue weighted by atomic mass is 10.2. The molecule has 0 spiro atoms. The van der Waals surface area contributed by atoms with Crippen molar-refractivity contribution in [1.82, 2.24) is 4.98 Å². The number of aromatic nitrogens is 1. The monoisotopic (exact) mass is 390 g/mol. The highest BCUT2D eigenvalue weighted by Gasteiger charge is 2.21. The molecule has 0 bridgehead atoms. The first-order valence-corrected chi connectivity index (χ1v) is 8.12. The van der Waals surface area contributed by atoms with Crippen LogP contribution in [0.4, 0.5) is 5.69 Å². The van der Waals surface area contributed by atoms with Gasteiger partial charge in [-0.05, 0) is 34.1 Å². The molecule has 0 aliphatic carbocycles. The Morgan fingerprint density at radius 3 is 2.67 bits per heavy atom. The molecule has 0 fully saturated rings. The molecular weight excluding hydrogens is 384 g/mol. The maximum Gasteiger partial charge on any atom is 0.339 e. The number of rotatable bonds is 4. The molecule has 0 saturated heterocycles. The van der Waals surface area contributed by atoms with Crippen LogP contribution in [0.1, 0.15) is 10.4 Å². The first-order valence-electron chi connectivity index (χ1n) is 5.46. The second-order valence-electron chi connectivity index (χ2n) is 3.91. The number of hydrogen-bond donors (Lipinski definition) is 2. The number of aromatic carboxylic acids is 1. The number of nitrogens with zero attached hydrogens (tertiary/aromatic N) is 1. The first kappa shape index (κ1) is 15.7. The first-order chi connectivity index (χ1) is 9.81. The molecular formula is C12H8BrClN2O4S. The van der Waals surface area contributed by atoms with Gasteiger partial charge in [-0.25, -0.2) is 13.2 Å². The number of anilines is 1. The highest BCUT2D eigenvalue weighted by molar-refractivity contribution is 9.10. The summed E-state index contributed by atoms with van der Waals surface area (Å²) < 4.78 is 27.1. The van der Waals surface area contributed by atoms with Gasteiger partial charge in [0.2, 0.25) is 0 Å². The van der Waals surface area contributed by atoms with E-state index in [9.17, 15) is 13.2 Å². The number of carbonyl (C=O) groups is 1. The minimum absolute atomic E-state index is 0.0601. The zero-order valence-corrected chi connectivity index (χ0v) is 13.4. The van der Waals surface area contributed by atoms with Gasteiger partial charge in [-0.15, -0.1) is 0 Å². The van der Waals surface area contributed by atoms with Crippen molar-refractivity contribution in [3.8, 4) is 0 Å². The van der Waals surface area contributed by atoms with Crippen LogP contribution in [0.15, 0.2) is 46.0 Å². The second kappa shape index (κ2) is 6.00. The van der Waals surface area contributed by atoms with Gasteiger partial charge in [-0.1, -0.05) is 17.7 Å². The quantitative estimate of drug-likeness (QED) is 0.835. The van der Waals surface area contributed by atoms with Gasteiger partial charge in [0.25, 0.3) is 10.0 Å². The second-order valence-corrected chi connectivity index (χ2v) is 6.92. The van der Waals surface area contributed by atoms with Gasteiger partial charge >= 0.3 is 5.97 Å². The van der Waals surface area contributed by atoms with Crippen molar-refractivity contribution >= 4 is 49.2 Å². The van der Waals surface area contributed by atoms with Crippen LogP contribution in [-0.2, 0) is 10.0 Å². The Balaban J connectivity index is 2.47. The van der Waals surface area contributed by atoms with E-state index in [0.29, 0.717) is 4.47 Å². The third-order valence-electron chi connectivity index (χ3n) is 2.46. The fourth-order valence-corrected chi connectivity index (χ4v) is 3.40. The number of carboxylic acids is 1. The van der Waals surface area contributed by atoms with Crippen molar-refractivity contribution in [2.75, 3.05) is 4.72 Å². The molecule has 0 aliphatic heterocycles. The Hall–Kier alpha value is -1.64. The van der Waals surface area contributed by atoms with Crippen molar-refractivity contribution in [3.05, 3.63) is 51.7 Å². The molecule has 0 radical (unpaired) electrons. The largest absolute Gasteiger partial charge is 0.478 e. The van der Waals surface area contributed by atoms with E-state index in [1.165, 1.54) is 30.5 Å². The summed E-state index contributed by atoms with van der Waals surface area (Å²) in [6.45, 7) is 0. The Kier molecular flexibility index (Phi) is 4.50. The minimum Gasteiger partial charge on any atom is -0.478 e. The van der Waals surface area contributed by atoms with E-state index in [2.05, 4.69) is 25.6 Å². The van der Waals surface area contributed by atoms with Crippen molar-refractivity contribution in [1.29, 1.82) is 0 Å². The minimum atomic E-state index is -3.97. The van der Waals surface area contributed by atoms with E-state index in [1.54, 1.807) is 0 Å². The smallest absolute Gasteiger partial charge is 0.339 e. The predicted octanol–water partition coefficient (Wildman–Crippen LogP) is 3.00. The molecule has 0 atom stereocenters. The molecule has 1 heterocycles. The summed E-state index contributed by atoms with van der Waals surface area (Å²) in [7, 11) is -3.97. The van der Waals surface area contributed by atoms with Crippen molar-refractivity contribution in [2.45, 2.75) is 4.90 Å². The lowest BCUT2D eigenvalue weighted by Gasteiger charge is -2.11. The highest BCUT2D eigenvalue weighted by atomic mass is 79.9. The average molecular weight is 392 g/mol. The van der Waals surface area contributed by atoms with Gasteiger partial charge in [0.15, 0.2) is 0 Å². The molecule has 21 heavy (non-hydrogen) atoms. The fraction of sp³-hybridized carbons (Fsp3) is 0. The molecule has 6 nitrogen and oxygen atoms in total. The van der Waals surface area contributed by atoms with Gasteiger partial charge < -0.3 is 5.11 Å². The summed E-state index contributed by atoms with van der Waals surface area (Å²) in [5.74, 6) is -1.33. The molecule has 1 aromatic carbocycles. The van der Waals surface area contributed by atoms with Crippen LogP contribution >= 0.6 is 27.5 Å². The van der Waals surface area contributed by atoms with Crippen molar-refractivity contribution < 1.29 is 18.3 Å². The van der Waals surface area contributed by atoms with E-state index in [0.717, 1.165) is 6.20 Å². The van der Waals surface area contributed by atoms with Gasteiger partial charge in [0, 0.05) is 16.9 Å². The highest BCUT2D eigenvalue weighted by Crippen LogP contribution is 2.27. The summed E-state index contributed by atoms with van der Waals surface area (Å²) in [4.78, 5) is 14.8. The Bertz CT molecular complexity index is 811. The number of pyridine rings is 1. The van der Waals surface area contributed by atoms with Crippen LogP contribution in [0.3, 0.4) is 0 Å². The summed E-state index contributed by atoms with van der Waals surface area (Å²) in [5.41, 5.74) is -0.430. The molecule has 9 heteroatoms. The summed E-state index contributed by atoms with van der Waals surface area (Å²) in [6.07, 6.45) is 2.58. The van der Waals surface area contributed by atoms with Crippen LogP contribution in [0.5, 0.6) is 0 Å². The number of halogens is 2. The Labute approximate surface area is 134 Å². The van der Waals surface area contributed by atoms with E-state index in [4.69, 9.17) is 16.7 Å². The zero-order valence-electron chi connectivity index (χ0n) is 10.2. The summed E-state index contributed by atoms with van der Waals surface area (Å²) in [6, 6.07) is 5.48. The number of benzene rings is 1. The number of sulfonamides is 1. The fourth-order valence-electron chi connectivity index (χ4n) is 1.57. The van der Waals surface area contributed by atoms with E-state index in [-0.39, 0.29) is 21.2 Å². The van der Waals surface area contributed by atoms with Crippen LogP contribution in [-0.4, -0.2) is 24.5 Å². The Morgan fingerprint density at radius 1 is 1.33 bits per heavy atom. The molecule has 0 amide bonds. The number of carboxylic acid groups (broad SMARTS) is 1. The van der Waals surface area contributed by atoms with Crippen LogP contribution < -0.4 is 4.72 Å². The molecule has 110 valence electrons.